The zero-order valence-electron chi connectivity index (χ0n) is 17.2. The van der Waals surface area contributed by atoms with Crippen molar-refractivity contribution in [2.75, 3.05) is 20.2 Å². The third kappa shape index (κ3) is 4.95. The van der Waals surface area contributed by atoms with Gasteiger partial charge in [0.05, 0.1) is 16.9 Å². The number of Topliss-reactive ketones (excluding diaryl/α,β-unsaturated/α-hetero) is 1. The predicted molar refractivity (Wildman–Crippen MR) is 111 cm³/mol. The molecule has 0 saturated carbocycles. The maximum Gasteiger partial charge on any atom is 0.312 e. The Balaban J connectivity index is 2.39. The molecule has 30 heavy (non-hydrogen) atoms. The third-order valence-electron chi connectivity index (χ3n) is 4.54. The highest BCUT2D eigenvalue weighted by Crippen LogP contribution is 2.32. The molecule has 0 aliphatic heterocycles. The highest BCUT2D eigenvalue weighted by atomic mass is 32.2. The van der Waals surface area contributed by atoms with Gasteiger partial charge in [-0.2, -0.15) is 4.31 Å². The van der Waals surface area contributed by atoms with Crippen molar-refractivity contribution in [2.24, 2.45) is 0 Å². The maximum atomic E-state index is 12.7. The number of sulfonamides is 1. The van der Waals surface area contributed by atoms with Crippen molar-refractivity contribution in [1.29, 1.82) is 0 Å². The summed E-state index contributed by atoms with van der Waals surface area (Å²) in [6.07, 6.45) is 0. The van der Waals surface area contributed by atoms with E-state index in [4.69, 9.17) is 9.47 Å². The Kier molecular flexibility index (Phi) is 7.52. The molecule has 0 heterocycles. The second-order valence-corrected chi connectivity index (χ2v) is 8.29. The third-order valence-corrected chi connectivity index (χ3v) is 6.59. The van der Waals surface area contributed by atoms with Crippen molar-refractivity contribution in [2.45, 2.75) is 32.3 Å². The second-order valence-electron chi connectivity index (χ2n) is 6.35. The zero-order valence-corrected chi connectivity index (χ0v) is 18.1. The van der Waals surface area contributed by atoms with Crippen LogP contribution in [0.5, 0.6) is 11.5 Å². The molecule has 2 aromatic carbocycles. The molecule has 0 N–H and O–H groups in total. The molecule has 0 saturated heterocycles. The summed E-state index contributed by atoms with van der Waals surface area (Å²) in [5, 5.41) is 11.5. The Morgan fingerprint density at radius 1 is 1.10 bits per heavy atom. The molecule has 162 valence electrons. The summed E-state index contributed by atoms with van der Waals surface area (Å²) in [6, 6.07) is 8.34. The molecule has 0 aliphatic carbocycles. The van der Waals surface area contributed by atoms with E-state index < -0.39 is 20.6 Å². The molecular formula is C20H24N2O7S. The molecule has 0 spiro atoms. The molecule has 0 radical (unpaired) electrons. The van der Waals surface area contributed by atoms with Gasteiger partial charge in [-0.1, -0.05) is 13.8 Å². The summed E-state index contributed by atoms with van der Waals surface area (Å²) in [4.78, 5) is 22.3. The van der Waals surface area contributed by atoms with E-state index >= 15 is 0 Å². The van der Waals surface area contributed by atoms with Crippen molar-refractivity contribution >= 4 is 21.5 Å². The van der Waals surface area contributed by atoms with Crippen molar-refractivity contribution < 1.29 is 27.6 Å². The first kappa shape index (κ1) is 23.3. The van der Waals surface area contributed by atoms with Crippen LogP contribution in [-0.4, -0.2) is 43.6 Å². The van der Waals surface area contributed by atoms with E-state index in [9.17, 15) is 23.3 Å². The van der Waals surface area contributed by atoms with Crippen LogP contribution in [0, 0.1) is 10.1 Å². The maximum absolute atomic E-state index is 12.7. The lowest BCUT2D eigenvalue weighted by atomic mass is 10.1. The van der Waals surface area contributed by atoms with Gasteiger partial charge in [0.2, 0.25) is 10.0 Å². The van der Waals surface area contributed by atoms with E-state index in [0.717, 1.165) is 6.07 Å². The Bertz CT molecular complexity index is 1050. The van der Waals surface area contributed by atoms with Gasteiger partial charge in [0, 0.05) is 30.3 Å². The van der Waals surface area contributed by atoms with Gasteiger partial charge in [-0.25, -0.2) is 8.42 Å². The van der Waals surface area contributed by atoms with E-state index in [1.807, 2.05) is 0 Å². The van der Waals surface area contributed by atoms with Crippen LogP contribution in [0.15, 0.2) is 41.3 Å². The fourth-order valence-electron chi connectivity index (χ4n) is 2.90. The quantitative estimate of drug-likeness (QED) is 0.318. The summed E-state index contributed by atoms with van der Waals surface area (Å²) >= 11 is 0. The smallest absolute Gasteiger partial charge is 0.312 e. The standard InChI is InChI=1S/C20H24N2O7S/c1-5-21(6-2)30(26,27)17-8-10-20(18(12-17)22(24)25)29-13-16-11-15(14(3)23)7-9-19(16)28-4/h7-12H,5-6,13H2,1-4H3. The van der Waals surface area contributed by atoms with Crippen LogP contribution in [0.25, 0.3) is 0 Å². The number of methoxy groups -OCH3 is 1. The molecule has 0 atom stereocenters. The Morgan fingerprint density at radius 3 is 2.27 bits per heavy atom. The van der Waals surface area contributed by atoms with Crippen LogP contribution >= 0.6 is 0 Å². The number of ketones is 1. The van der Waals surface area contributed by atoms with Gasteiger partial charge >= 0.3 is 5.69 Å². The van der Waals surface area contributed by atoms with Gasteiger partial charge in [0.15, 0.2) is 11.5 Å². The Morgan fingerprint density at radius 2 is 1.73 bits per heavy atom. The minimum absolute atomic E-state index is 0.0891. The monoisotopic (exact) mass is 436 g/mol. The summed E-state index contributed by atoms with van der Waals surface area (Å²) in [5.41, 5.74) is 0.508. The van der Waals surface area contributed by atoms with Crippen LogP contribution < -0.4 is 9.47 Å². The Labute approximate surface area is 175 Å². The second kappa shape index (κ2) is 9.68. The van der Waals surface area contributed by atoms with Crippen LogP contribution in [0.2, 0.25) is 0 Å². The van der Waals surface area contributed by atoms with Gasteiger partial charge < -0.3 is 9.47 Å². The molecule has 0 fully saturated rings. The topological polar surface area (TPSA) is 116 Å². The number of nitrogens with zero attached hydrogens (tertiary/aromatic N) is 2. The number of carbonyl (C=O) groups excluding carboxylic acids is 1. The lowest BCUT2D eigenvalue weighted by molar-refractivity contribution is -0.386. The SMILES string of the molecule is CCN(CC)S(=O)(=O)c1ccc(OCc2cc(C(C)=O)ccc2OC)c([N+](=O)[O-])c1. The minimum Gasteiger partial charge on any atom is -0.496 e. The summed E-state index contributed by atoms with van der Waals surface area (Å²) < 4.78 is 37.4. The lowest BCUT2D eigenvalue weighted by Gasteiger charge is -2.18. The summed E-state index contributed by atoms with van der Waals surface area (Å²) in [7, 11) is -2.39. The van der Waals surface area contributed by atoms with Crippen molar-refractivity contribution in [1.82, 2.24) is 4.31 Å². The van der Waals surface area contributed by atoms with Gasteiger partial charge in [-0.15, -0.1) is 0 Å². The normalized spacial score (nSPS) is 11.4. The molecule has 10 heteroatoms. The number of carbonyl (C=O) groups is 1. The van der Waals surface area contributed by atoms with Crippen molar-refractivity contribution in [3.05, 3.63) is 57.6 Å². The fourth-order valence-corrected chi connectivity index (χ4v) is 4.38. The highest BCUT2D eigenvalue weighted by Gasteiger charge is 2.26. The first-order chi connectivity index (χ1) is 14.1. The number of ether oxygens (including phenoxy) is 2. The largest absolute Gasteiger partial charge is 0.496 e. The lowest BCUT2D eigenvalue weighted by Crippen LogP contribution is -2.30. The average Bonchev–Trinajstić information content (AvgIpc) is 2.72. The van der Waals surface area contributed by atoms with Crippen molar-refractivity contribution in [3.63, 3.8) is 0 Å². The number of rotatable bonds is 10. The molecule has 0 bridgehead atoms. The Hall–Kier alpha value is -2.98. The van der Waals surface area contributed by atoms with E-state index in [1.54, 1.807) is 32.0 Å². The molecule has 2 rings (SSSR count). The molecule has 0 unspecified atom stereocenters. The number of nitro groups is 1. The first-order valence-corrected chi connectivity index (χ1v) is 10.7. The molecule has 2 aromatic rings. The molecular weight excluding hydrogens is 412 g/mol. The molecule has 9 nitrogen and oxygen atoms in total. The predicted octanol–water partition coefficient (Wildman–Crippen LogP) is 3.42. The zero-order chi connectivity index (χ0) is 22.5. The van der Waals surface area contributed by atoms with Crippen LogP contribution in [0.1, 0.15) is 36.7 Å². The van der Waals surface area contributed by atoms with E-state index in [-0.39, 0.29) is 36.1 Å². The first-order valence-electron chi connectivity index (χ1n) is 9.24. The summed E-state index contributed by atoms with van der Waals surface area (Å²) in [5.74, 6) is 0.230. The van der Waals surface area contributed by atoms with Crippen molar-refractivity contribution in [3.8, 4) is 11.5 Å². The van der Waals surface area contributed by atoms with Gasteiger partial charge in [-0.3, -0.25) is 14.9 Å². The molecule has 0 aliphatic rings. The average molecular weight is 436 g/mol. The number of benzene rings is 2. The number of hydrogen-bond acceptors (Lipinski definition) is 7. The van der Waals surface area contributed by atoms with Crippen LogP contribution in [0.3, 0.4) is 0 Å². The van der Waals surface area contributed by atoms with E-state index in [2.05, 4.69) is 0 Å². The van der Waals surface area contributed by atoms with Crippen LogP contribution in [-0.2, 0) is 16.6 Å². The highest BCUT2D eigenvalue weighted by molar-refractivity contribution is 7.89. The van der Waals surface area contributed by atoms with E-state index in [0.29, 0.717) is 16.9 Å². The van der Waals surface area contributed by atoms with Gasteiger partial charge in [0.1, 0.15) is 12.4 Å². The van der Waals surface area contributed by atoms with E-state index in [1.165, 1.54) is 30.5 Å². The van der Waals surface area contributed by atoms with Crippen LogP contribution in [0.4, 0.5) is 5.69 Å². The van der Waals surface area contributed by atoms with Gasteiger partial charge in [0.25, 0.3) is 0 Å². The summed E-state index contributed by atoms with van der Waals surface area (Å²) in [6.45, 7) is 5.19. The number of nitro benzene ring substituents is 1. The molecule has 0 aromatic heterocycles. The minimum atomic E-state index is -3.85. The van der Waals surface area contributed by atoms with Gasteiger partial charge in [-0.05, 0) is 37.3 Å². The number of hydrogen-bond donors (Lipinski definition) is 0. The molecule has 0 amide bonds. The fraction of sp³-hybridized carbons (Fsp3) is 0.350.